The Morgan fingerprint density at radius 2 is 1.63 bits per heavy atom. The fourth-order valence-electron chi connectivity index (χ4n) is 1.98. The van der Waals surface area contributed by atoms with Gasteiger partial charge in [-0.05, 0) is 61.4 Å². The molecule has 19 heavy (non-hydrogen) atoms. The molecule has 0 radical (unpaired) electrons. The molecule has 2 rings (SSSR count). The first-order chi connectivity index (χ1) is 8.97. The molecule has 0 heterocycles. The summed E-state index contributed by atoms with van der Waals surface area (Å²) in [7, 11) is 0. The second-order valence-corrected chi connectivity index (χ2v) is 5.41. The van der Waals surface area contributed by atoms with Crippen molar-refractivity contribution in [3.05, 3.63) is 57.6 Å². The molecule has 2 aromatic carbocycles. The Hall–Kier alpha value is -1.81. The molecular weight excluding hydrogens is 304 g/mol. The Morgan fingerprint density at radius 3 is 2.16 bits per heavy atom. The zero-order chi connectivity index (χ0) is 14.0. The zero-order valence-corrected chi connectivity index (χ0v) is 12.4. The van der Waals surface area contributed by atoms with Gasteiger partial charge in [0, 0.05) is 21.4 Å². The van der Waals surface area contributed by atoms with E-state index in [2.05, 4.69) is 21.2 Å². The predicted molar refractivity (Wildman–Crippen MR) is 82.4 cm³/mol. The number of benzene rings is 2. The van der Waals surface area contributed by atoms with Gasteiger partial charge < -0.3 is 11.1 Å². The van der Waals surface area contributed by atoms with Crippen molar-refractivity contribution in [1.82, 2.24) is 0 Å². The van der Waals surface area contributed by atoms with Crippen LogP contribution in [-0.2, 0) is 0 Å². The monoisotopic (exact) mass is 318 g/mol. The number of nitrogen functional groups attached to an aromatic ring is 1. The highest BCUT2D eigenvalue weighted by atomic mass is 79.9. The Kier molecular flexibility index (Phi) is 3.90. The van der Waals surface area contributed by atoms with Crippen molar-refractivity contribution in [2.24, 2.45) is 0 Å². The van der Waals surface area contributed by atoms with Crippen LogP contribution in [0.2, 0.25) is 0 Å². The zero-order valence-electron chi connectivity index (χ0n) is 10.8. The maximum atomic E-state index is 12.2. The molecule has 98 valence electrons. The van der Waals surface area contributed by atoms with E-state index in [1.54, 1.807) is 12.1 Å². The number of aryl methyl sites for hydroxylation is 2. The van der Waals surface area contributed by atoms with E-state index in [1.807, 2.05) is 38.1 Å². The fraction of sp³-hybridized carbons (Fsp3) is 0.133. The average Bonchev–Trinajstić information content (AvgIpc) is 2.34. The first-order valence-corrected chi connectivity index (χ1v) is 6.70. The van der Waals surface area contributed by atoms with Crippen LogP contribution in [-0.4, -0.2) is 5.91 Å². The maximum absolute atomic E-state index is 12.2. The summed E-state index contributed by atoms with van der Waals surface area (Å²) in [5.41, 5.74) is 9.84. The first-order valence-electron chi connectivity index (χ1n) is 5.91. The molecule has 4 heteroatoms. The Morgan fingerprint density at radius 1 is 1.11 bits per heavy atom. The highest BCUT2D eigenvalue weighted by Crippen LogP contribution is 2.24. The molecule has 0 aliphatic rings. The van der Waals surface area contributed by atoms with Crippen molar-refractivity contribution in [3.8, 4) is 0 Å². The Balaban J connectivity index is 2.26. The summed E-state index contributed by atoms with van der Waals surface area (Å²) in [6.07, 6.45) is 0. The topological polar surface area (TPSA) is 55.1 Å². The van der Waals surface area contributed by atoms with Gasteiger partial charge in [0.25, 0.3) is 5.91 Å². The number of carbonyl (C=O) groups excluding carboxylic acids is 1. The summed E-state index contributed by atoms with van der Waals surface area (Å²) in [6, 6.07) is 11.0. The summed E-state index contributed by atoms with van der Waals surface area (Å²) in [4.78, 5) is 12.2. The molecule has 0 aliphatic heterocycles. The van der Waals surface area contributed by atoms with Gasteiger partial charge in [-0.1, -0.05) is 15.9 Å². The van der Waals surface area contributed by atoms with Crippen LogP contribution in [0.5, 0.6) is 0 Å². The van der Waals surface area contributed by atoms with Crippen LogP contribution < -0.4 is 11.1 Å². The molecular formula is C15H15BrN2O. The lowest BCUT2D eigenvalue weighted by atomic mass is 10.1. The number of nitrogens with two attached hydrogens (primary N) is 1. The molecule has 1 amide bonds. The standard InChI is InChI=1S/C15H15BrN2O/c1-9-7-13(17)8-10(2)14(9)18-15(19)11-3-5-12(16)6-4-11/h3-8H,17H2,1-2H3,(H,18,19). The maximum Gasteiger partial charge on any atom is 0.255 e. The van der Waals surface area contributed by atoms with Crippen LogP contribution in [0.15, 0.2) is 40.9 Å². The molecule has 0 saturated heterocycles. The highest BCUT2D eigenvalue weighted by Gasteiger charge is 2.10. The summed E-state index contributed by atoms with van der Waals surface area (Å²) < 4.78 is 0.948. The molecule has 0 aromatic heterocycles. The van der Waals surface area contributed by atoms with Gasteiger partial charge in [-0.25, -0.2) is 0 Å². The van der Waals surface area contributed by atoms with Gasteiger partial charge in [-0.3, -0.25) is 4.79 Å². The smallest absolute Gasteiger partial charge is 0.255 e. The van der Waals surface area contributed by atoms with Gasteiger partial charge in [0.1, 0.15) is 0 Å². The summed E-state index contributed by atoms with van der Waals surface area (Å²) >= 11 is 3.35. The fourth-order valence-corrected chi connectivity index (χ4v) is 2.25. The van der Waals surface area contributed by atoms with Crippen LogP contribution in [0.25, 0.3) is 0 Å². The third kappa shape index (κ3) is 3.15. The molecule has 0 spiro atoms. The molecule has 0 saturated carbocycles. The third-order valence-electron chi connectivity index (χ3n) is 2.90. The Labute approximate surface area is 121 Å². The molecule has 0 aliphatic carbocycles. The van der Waals surface area contributed by atoms with Gasteiger partial charge in [0.15, 0.2) is 0 Å². The van der Waals surface area contributed by atoms with Gasteiger partial charge in [-0.15, -0.1) is 0 Å². The van der Waals surface area contributed by atoms with Crippen molar-refractivity contribution >= 4 is 33.2 Å². The van der Waals surface area contributed by atoms with Crippen molar-refractivity contribution in [2.45, 2.75) is 13.8 Å². The number of nitrogens with one attached hydrogen (secondary N) is 1. The minimum absolute atomic E-state index is 0.122. The molecule has 3 nitrogen and oxygen atoms in total. The predicted octanol–water partition coefficient (Wildman–Crippen LogP) is 3.90. The van der Waals surface area contributed by atoms with Gasteiger partial charge in [0.2, 0.25) is 0 Å². The van der Waals surface area contributed by atoms with E-state index in [9.17, 15) is 4.79 Å². The van der Waals surface area contributed by atoms with E-state index in [1.165, 1.54) is 0 Å². The van der Waals surface area contributed by atoms with Crippen LogP contribution in [0.3, 0.4) is 0 Å². The van der Waals surface area contributed by atoms with Crippen LogP contribution in [0.1, 0.15) is 21.5 Å². The summed E-state index contributed by atoms with van der Waals surface area (Å²) in [5, 5.41) is 2.93. The van der Waals surface area contributed by atoms with Crippen LogP contribution in [0.4, 0.5) is 11.4 Å². The second kappa shape index (κ2) is 5.45. The lowest BCUT2D eigenvalue weighted by molar-refractivity contribution is 0.102. The second-order valence-electron chi connectivity index (χ2n) is 4.49. The largest absolute Gasteiger partial charge is 0.399 e. The van der Waals surface area contributed by atoms with E-state index in [-0.39, 0.29) is 5.91 Å². The van der Waals surface area contributed by atoms with E-state index >= 15 is 0 Å². The molecule has 0 unspecified atom stereocenters. The number of amides is 1. The van der Waals surface area contributed by atoms with E-state index in [0.717, 1.165) is 21.3 Å². The van der Waals surface area contributed by atoms with Crippen molar-refractivity contribution in [2.75, 3.05) is 11.1 Å². The number of hydrogen-bond acceptors (Lipinski definition) is 2. The SMILES string of the molecule is Cc1cc(N)cc(C)c1NC(=O)c1ccc(Br)cc1. The number of rotatable bonds is 2. The summed E-state index contributed by atoms with van der Waals surface area (Å²) in [6.45, 7) is 3.86. The lowest BCUT2D eigenvalue weighted by Gasteiger charge is -2.12. The molecule has 0 atom stereocenters. The van der Waals surface area contributed by atoms with Crippen LogP contribution in [0, 0.1) is 13.8 Å². The summed E-state index contributed by atoms with van der Waals surface area (Å²) in [5.74, 6) is -0.122. The van der Waals surface area contributed by atoms with E-state index in [4.69, 9.17) is 5.73 Å². The number of hydrogen-bond donors (Lipinski definition) is 2. The number of carbonyl (C=O) groups is 1. The minimum atomic E-state index is -0.122. The number of halogens is 1. The third-order valence-corrected chi connectivity index (χ3v) is 3.43. The highest BCUT2D eigenvalue weighted by molar-refractivity contribution is 9.10. The van der Waals surface area contributed by atoms with Gasteiger partial charge in [0.05, 0.1) is 0 Å². The lowest BCUT2D eigenvalue weighted by Crippen LogP contribution is -2.13. The van der Waals surface area contributed by atoms with Crippen LogP contribution >= 0.6 is 15.9 Å². The molecule has 2 aromatic rings. The van der Waals surface area contributed by atoms with Gasteiger partial charge in [-0.2, -0.15) is 0 Å². The normalized spacial score (nSPS) is 10.3. The van der Waals surface area contributed by atoms with Gasteiger partial charge >= 0.3 is 0 Å². The molecule has 0 bridgehead atoms. The van der Waals surface area contributed by atoms with Crippen molar-refractivity contribution in [1.29, 1.82) is 0 Å². The van der Waals surface area contributed by atoms with Crippen molar-refractivity contribution < 1.29 is 4.79 Å². The molecule has 3 N–H and O–H groups in total. The van der Waals surface area contributed by atoms with E-state index in [0.29, 0.717) is 11.3 Å². The first kappa shape index (κ1) is 13.6. The average molecular weight is 319 g/mol. The number of anilines is 2. The minimum Gasteiger partial charge on any atom is -0.399 e. The van der Waals surface area contributed by atoms with Crippen molar-refractivity contribution in [3.63, 3.8) is 0 Å². The Bertz CT molecular complexity index is 598. The quantitative estimate of drug-likeness (QED) is 0.825. The molecule has 0 fully saturated rings. The van der Waals surface area contributed by atoms with E-state index < -0.39 is 0 Å².